The van der Waals surface area contributed by atoms with Crippen LogP contribution >= 0.6 is 11.8 Å². The first kappa shape index (κ1) is 30.4. The van der Waals surface area contributed by atoms with Gasteiger partial charge in [0.2, 0.25) is 17.7 Å². The van der Waals surface area contributed by atoms with E-state index in [1.54, 1.807) is 25.6 Å². The molecule has 13 heteroatoms. The number of nitrogens with one attached hydrogen (secondary N) is 4. The topological polar surface area (TPSA) is 205 Å². The van der Waals surface area contributed by atoms with Crippen molar-refractivity contribution in [1.29, 1.82) is 0 Å². The SMILES string of the molecule is CSCCC(N)C(=O)NC(Cc1cnc[nH]1)C(=O)NC(C(=O)NC(CCCCN)C(=O)O)C(C)C. The van der Waals surface area contributed by atoms with Crippen LogP contribution in [0.4, 0.5) is 0 Å². The van der Waals surface area contributed by atoms with Gasteiger partial charge in [-0.1, -0.05) is 13.8 Å². The molecule has 1 rings (SSSR count). The molecule has 0 bridgehead atoms. The Balaban J connectivity index is 2.95. The number of nitrogens with two attached hydrogens (primary N) is 2. The van der Waals surface area contributed by atoms with Crippen LogP contribution in [0.2, 0.25) is 0 Å². The van der Waals surface area contributed by atoms with Gasteiger partial charge in [-0.2, -0.15) is 11.8 Å². The Morgan fingerprint density at radius 2 is 1.74 bits per heavy atom. The van der Waals surface area contributed by atoms with E-state index in [1.165, 1.54) is 12.5 Å². The van der Waals surface area contributed by atoms with Gasteiger partial charge in [-0.15, -0.1) is 0 Å². The number of carbonyl (C=O) groups is 4. The van der Waals surface area contributed by atoms with Crippen LogP contribution < -0.4 is 27.4 Å². The number of nitrogens with zero attached hydrogens (tertiary/aromatic N) is 1. The molecule has 0 aromatic carbocycles. The van der Waals surface area contributed by atoms with Crippen LogP contribution in [0.3, 0.4) is 0 Å². The molecule has 0 aliphatic heterocycles. The van der Waals surface area contributed by atoms with Crippen molar-refractivity contribution in [2.24, 2.45) is 17.4 Å². The number of aliphatic carboxylic acids is 1. The van der Waals surface area contributed by atoms with Gasteiger partial charge in [-0.05, 0) is 50.2 Å². The fourth-order valence-electron chi connectivity index (χ4n) is 3.28. The molecule has 1 heterocycles. The minimum absolute atomic E-state index is 0.107. The summed E-state index contributed by atoms with van der Waals surface area (Å²) < 4.78 is 0. The van der Waals surface area contributed by atoms with Crippen molar-refractivity contribution in [2.75, 3.05) is 18.6 Å². The number of rotatable bonds is 17. The number of carbonyl (C=O) groups excluding carboxylic acids is 3. The summed E-state index contributed by atoms with van der Waals surface area (Å²) in [6, 6.07) is -3.90. The number of hydrogen-bond donors (Lipinski definition) is 7. The van der Waals surface area contributed by atoms with E-state index in [9.17, 15) is 24.3 Å². The zero-order valence-electron chi connectivity index (χ0n) is 20.6. The molecule has 1 aromatic rings. The van der Waals surface area contributed by atoms with Crippen LogP contribution in [-0.2, 0) is 25.6 Å². The lowest BCUT2D eigenvalue weighted by atomic mass is 10.0. The highest BCUT2D eigenvalue weighted by Crippen LogP contribution is 2.08. The van der Waals surface area contributed by atoms with Crippen LogP contribution in [0.5, 0.6) is 0 Å². The first-order valence-corrected chi connectivity index (χ1v) is 13.1. The van der Waals surface area contributed by atoms with Gasteiger partial charge < -0.3 is 37.5 Å². The van der Waals surface area contributed by atoms with E-state index >= 15 is 0 Å². The highest BCUT2D eigenvalue weighted by molar-refractivity contribution is 7.98. The van der Waals surface area contributed by atoms with E-state index in [-0.39, 0.29) is 18.8 Å². The quantitative estimate of drug-likeness (QED) is 0.132. The number of aromatic amines is 1. The molecule has 0 aliphatic rings. The summed E-state index contributed by atoms with van der Waals surface area (Å²) >= 11 is 1.56. The number of carboxylic acid groups (broad SMARTS) is 1. The Hall–Kier alpha value is -2.64. The molecule has 198 valence electrons. The number of aromatic nitrogens is 2. The fourth-order valence-corrected chi connectivity index (χ4v) is 3.77. The van der Waals surface area contributed by atoms with Crippen molar-refractivity contribution in [2.45, 2.75) is 70.1 Å². The Morgan fingerprint density at radius 3 is 2.29 bits per heavy atom. The number of thioether (sulfide) groups is 1. The molecule has 0 saturated carbocycles. The molecule has 3 amide bonds. The minimum atomic E-state index is -1.16. The van der Waals surface area contributed by atoms with Crippen LogP contribution in [0.1, 0.15) is 45.2 Å². The maximum absolute atomic E-state index is 13.2. The average Bonchev–Trinajstić information content (AvgIpc) is 3.32. The first-order valence-electron chi connectivity index (χ1n) is 11.7. The average molecular weight is 514 g/mol. The van der Waals surface area contributed by atoms with Crippen LogP contribution in [0, 0.1) is 5.92 Å². The number of carboxylic acids is 1. The summed E-state index contributed by atoms with van der Waals surface area (Å²) in [5.41, 5.74) is 12.0. The lowest BCUT2D eigenvalue weighted by Crippen LogP contribution is -2.59. The number of hydrogen-bond acceptors (Lipinski definition) is 8. The highest BCUT2D eigenvalue weighted by Gasteiger charge is 2.32. The number of H-pyrrole nitrogens is 1. The molecule has 35 heavy (non-hydrogen) atoms. The van der Waals surface area contributed by atoms with Crippen molar-refractivity contribution >= 4 is 35.5 Å². The summed E-state index contributed by atoms with van der Waals surface area (Å²) in [6.07, 6.45) is 6.86. The molecule has 4 unspecified atom stereocenters. The van der Waals surface area contributed by atoms with Gasteiger partial charge in [0, 0.05) is 18.3 Å². The van der Waals surface area contributed by atoms with Gasteiger partial charge >= 0.3 is 5.97 Å². The maximum Gasteiger partial charge on any atom is 0.326 e. The van der Waals surface area contributed by atoms with Crippen molar-refractivity contribution in [3.63, 3.8) is 0 Å². The van der Waals surface area contributed by atoms with E-state index in [2.05, 4.69) is 25.9 Å². The molecule has 0 radical (unpaired) electrons. The van der Waals surface area contributed by atoms with Gasteiger partial charge in [0.05, 0.1) is 12.4 Å². The van der Waals surface area contributed by atoms with Crippen LogP contribution in [0.15, 0.2) is 12.5 Å². The lowest BCUT2D eigenvalue weighted by molar-refractivity contribution is -0.142. The molecule has 0 fully saturated rings. The summed E-state index contributed by atoms with van der Waals surface area (Å²) in [6.45, 7) is 3.89. The lowest BCUT2D eigenvalue weighted by Gasteiger charge is -2.27. The molecule has 0 saturated heterocycles. The third-order valence-corrected chi connectivity index (χ3v) is 6.03. The van der Waals surface area contributed by atoms with Crippen LogP contribution in [0.25, 0.3) is 0 Å². The van der Waals surface area contributed by atoms with Crippen molar-refractivity contribution < 1.29 is 24.3 Å². The molecular formula is C22H39N7O5S. The molecular weight excluding hydrogens is 474 g/mol. The predicted octanol–water partition coefficient (Wildman–Crippen LogP) is -0.643. The Morgan fingerprint density at radius 1 is 1.06 bits per heavy atom. The minimum Gasteiger partial charge on any atom is -0.480 e. The van der Waals surface area contributed by atoms with Crippen LogP contribution in [-0.4, -0.2) is 81.5 Å². The largest absolute Gasteiger partial charge is 0.480 e. The second kappa shape index (κ2) is 16.1. The van der Waals surface area contributed by atoms with Gasteiger partial charge in [-0.25, -0.2) is 9.78 Å². The molecule has 9 N–H and O–H groups in total. The fraction of sp³-hybridized carbons (Fsp3) is 0.682. The second-order valence-electron chi connectivity index (χ2n) is 8.64. The summed E-state index contributed by atoms with van der Waals surface area (Å²) in [5, 5.41) is 17.3. The molecule has 12 nitrogen and oxygen atoms in total. The Labute approximate surface area is 210 Å². The second-order valence-corrected chi connectivity index (χ2v) is 9.63. The highest BCUT2D eigenvalue weighted by atomic mass is 32.2. The van der Waals surface area contributed by atoms with Crippen molar-refractivity contribution in [3.8, 4) is 0 Å². The van der Waals surface area contributed by atoms with E-state index in [0.717, 1.165) is 0 Å². The normalized spacial score (nSPS) is 14.6. The summed E-state index contributed by atoms with van der Waals surface area (Å²) in [5.74, 6) is -2.49. The van der Waals surface area contributed by atoms with Crippen molar-refractivity contribution in [1.82, 2.24) is 25.9 Å². The standard InChI is InChI=1S/C22H39N7O5S/c1-13(2)18(21(32)27-16(22(33)34)6-4-5-8-23)29-20(31)17(10-14-11-25-12-26-14)28-19(30)15(24)7-9-35-3/h11-13,15-18H,4-10,23-24H2,1-3H3,(H,25,26)(H,27,32)(H,28,30)(H,29,31)(H,33,34). The molecule has 0 spiro atoms. The third kappa shape index (κ3) is 11.1. The zero-order chi connectivity index (χ0) is 26.4. The zero-order valence-corrected chi connectivity index (χ0v) is 21.4. The van der Waals surface area contributed by atoms with Crippen molar-refractivity contribution in [3.05, 3.63) is 18.2 Å². The number of amides is 3. The first-order chi connectivity index (χ1) is 16.6. The van der Waals surface area contributed by atoms with E-state index in [1.807, 2.05) is 6.26 Å². The molecule has 1 aromatic heterocycles. The summed E-state index contributed by atoms with van der Waals surface area (Å²) in [7, 11) is 0. The smallest absolute Gasteiger partial charge is 0.326 e. The molecule has 4 atom stereocenters. The van der Waals surface area contributed by atoms with E-state index < -0.39 is 47.9 Å². The van der Waals surface area contributed by atoms with Gasteiger partial charge in [-0.3, -0.25) is 14.4 Å². The predicted molar refractivity (Wildman–Crippen MR) is 134 cm³/mol. The van der Waals surface area contributed by atoms with E-state index in [0.29, 0.717) is 37.3 Å². The molecule has 0 aliphatic carbocycles. The van der Waals surface area contributed by atoms with Gasteiger partial charge in [0.25, 0.3) is 0 Å². The summed E-state index contributed by atoms with van der Waals surface area (Å²) in [4.78, 5) is 57.1. The van der Waals surface area contributed by atoms with E-state index in [4.69, 9.17) is 11.5 Å². The Kier molecular flexibility index (Phi) is 14.0. The van der Waals surface area contributed by atoms with Gasteiger partial charge in [0.15, 0.2) is 0 Å². The Bertz CT molecular complexity index is 806. The maximum atomic E-state index is 13.2. The third-order valence-electron chi connectivity index (χ3n) is 5.39. The monoisotopic (exact) mass is 513 g/mol. The number of imidazole rings is 1. The van der Waals surface area contributed by atoms with Gasteiger partial charge in [0.1, 0.15) is 18.1 Å². The number of unbranched alkanes of at least 4 members (excludes halogenated alkanes) is 1.